The molecule has 0 saturated carbocycles. The molecule has 21 heavy (non-hydrogen) atoms. The minimum absolute atomic E-state index is 0.0980. The van der Waals surface area contributed by atoms with Crippen LogP contribution in [0.15, 0.2) is 60.8 Å². The van der Waals surface area contributed by atoms with Crippen LogP contribution >= 0.6 is 0 Å². The van der Waals surface area contributed by atoms with Gasteiger partial charge in [-0.15, -0.1) is 5.10 Å². The van der Waals surface area contributed by atoms with E-state index in [9.17, 15) is 5.11 Å². The molecule has 1 N–H and O–H groups in total. The Balaban J connectivity index is 1.70. The van der Waals surface area contributed by atoms with Gasteiger partial charge in [0.15, 0.2) is 0 Å². The van der Waals surface area contributed by atoms with Gasteiger partial charge in [-0.25, -0.2) is 4.68 Å². The molecule has 5 heteroatoms. The Morgan fingerprint density at radius 3 is 2.48 bits per heavy atom. The Labute approximate surface area is 122 Å². The molecule has 0 aliphatic carbocycles. The van der Waals surface area contributed by atoms with Crippen LogP contribution < -0.4 is 4.74 Å². The zero-order valence-electron chi connectivity index (χ0n) is 11.4. The number of rotatable bonds is 5. The lowest BCUT2D eigenvalue weighted by Gasteiger charge is -2.08. The third-order valence-electron chi connectivity index (χ3n) is 3.11. The Morgan fingerprint density at radius 2 is 1.76 bits per heavy atom. The molecule has 0 unspecified atom stereocenters. The number of ether oxygens (including phenoxy) is 1. The summed E-state index contributed by atoms with van der Waals surface area (Å²) in [5, 5.41) is 16.9. The molecule has 1 heterocycles. The second kappa shape index (κ2) is 6.19. The minimum Gasteiger partial charge on any atom is -0.489 e. The van der Waals surface area contributed by atoms with E-state index in [0.29, 0.717) is 12.3 Å². The number of aliphatic hydroxyl groups excluding tert-OH is 1. The average molecular weight is 281 g/mol. The maximum atomic E-state index is 9.21. The fraction of sp³-hybridized carbons (Fsp3) is 0.125. The molecule has 3 aromatic rings. The van der Waals surface area contributed by atoms with E-state index < -0.39 is 0 Å². The summed E-state index contributed by atoms with van der Waals surface area (Å²) >= 11 is 0. The monoisotopic (exact) mass is 281 g/mol. The molecule has 0 spiro atoms. The summed E-state index contributed by atoms with van der Waals surface area (Å²) in [6.07, 6.45) is 1.54. The SMILES string of the molecule is OCc1cnnn1-c1ccc(OCc2ccccc2)cc1. The van der Waals surface area contributed by atoms with Gasteiger partial charge in [-0.1, -0.05) is 35.5 Å². The Bertz CT molecular complexity index is 693. The van der Waals surface area contributed by atoms with Crippen LogP contribution in [0.2, 0.25) is 0 Å². The van der Waals surface area contributed by atoms with Crippen molar-refractivity contribution < 1.29 is 9.84 Å². The Kier molecular flexibility index (Phi) is 3.93. The van der Waals surface area contributed by atoms with Crippen LogP contribution in [-0.4, -0.2) is 20.1 Å². The van der Waals surface area contributed by atoms with Crippen molar-refractivity contribution in [3.63, 3.8) is 0 Å². The normalized spacial score (nSPS) is 10.5. The van der Waals surface area contributed by atoms with Crippen molar-refractivity contribution in [2.24, 2.45) is 0 Å². The number of hydrogen-bond acceptors (Lipinski definition) is 4. The van der Waals surface area contributed by atoms with Gasteiger partial charge in [-0.05, 0) is 29.8 Å². The van der Waals surface area contributed by atoms with E-state index in [2.05, 4.69) is 10.3 Å². The highest BCUT2D eigenvalue weighted by Gasteiger charge is 2.05. The van der Waals surface area contributed by atoms with Crippen LogP contribution in [0.3, 0.4) is 0 Å². The first-order valence-corrected chi connectivity index (χ1v) is 6.64. The van der Waals surface area contributed by atoms with Crippen molar-refractivity contribution in [2.45, 2.75) is 13.2 Å². The minimum atomic E-state index is -0.0980. The summed E-state index contributed by atoms with van der Waals surface area (Å²) in [7, 11) is 0. The number of hydrogen-bond donors (Lipinski definition) is 1. The molecule has 0 fully saturated rings. The molecule has 0 radical (unpaired) electrons. The highest BCUT2D eigenvalue weighted by molar-refractivity contribution is 5.37. The largest absolute Gasteiger partial charge is 0.489 e. The topological polar surface area (TPSA) is 60.2 Å². The molecule has 0 amide bonds. The smallest absolute Gasteiger partial charge is 0.119 e. The fourth-order valence-electron chi connectivity index (χ4n) is 2.01. The maximum absolute atomic E-state index is 9.21. The number of benzene rings is 2. The fourth-order valence-corrected chi connectivity index (χ4v) is 2.01. The van der Waals surface area contributed by atoms with Crippen molar-refractivity contribution in [3.05, 3.63) is 72.1 Å². The number of aromatic nitrogens is 3. The van der Waals surface area contributed by atoms with Crippen molar-refractivity contribution >= 4 is 0 Å². The zero-order valence-corrected chi connectivity index (χ0v) is 11.4. The maximum Gasteiger partial charge on any atom is 0.119 e. The number of nitrogens with zero attached hydrogens (tertiary/aromatic N) is 3. The summed E-state index contributed by atoms with van der Waals surface area (Å²) in [5.74, 6) is 0.785. The molecule has 0 bridgehead atoms. The van der Waals surface area contributed by atoms with Crippen molar-refractivity contribution in [1.29, 1.82) is 0 Å². The molecule has 0 aliphatic rings. The third-order valence-corrected chi connectivity index (χ3v) is 3.11. The van der Waals surface area contributed by atoms with Gasteiger partial charge in [0.1, 0.15) is 12.4 Å². The predicted molar refractivity (Wildman–Crippen MR) is 78.1 cm³/mol. The Hall–Kier alpha value is -2.66. The molecule has 106 valence electrons. The molecule has 2 aromatic carbocycles. The summed E-state index contributed by atoms with van der Waals surface area (Å²) in [6, 6.07) is 17.5. The first-order chi connectivity index (χ1) is 10.4. The Morgan fingerprint density at radius 1 is 1.00 bits per heavy atom. The van der Waals surface area contributed by atoms with E-state index in [1.807, 2.05) is 54.6 Å². The van der Waals surface area contributed by atoms with E-state index in [1.165, 1.54) is 0 Å². The molecule has 3 rings (SSSR count). The van der Waals surface area contributed by atoms with E-state index in [-0.39, 0.29) is 6.61 Å². The van der Waals surface area contributed by atoms with E-state index in [1.54, 1.807) is 10.9 Å². The summed E-state index contributed by atoms with van der Waals surface area (Å²) < 4.78 is 7.32. The van der Waals surface area contributed by atoms with Crippen LogP contribution in [0.5, 0.6) is 5.75 Å². The highest BCUT2D eigenvalue weighted by atomic mass is 16.5. The van der Waals surface area contributed by atoms with Crippen molar-refractivity contribution in [3.8, 4) is 11.4 Å². The van der Waals surface area contributed by atoms with E-state index in [0.717, 1.165) is 17.0 Å². The molecular formula is C16H15N3O2. The average Bonchev–Trinajstić information content (AvgIpc) is 3.03. The second-order valence-corrected chi connectivity index (χ2v) is 4.56. The van der Waals surface area contributed by atoms with Crippen molar-refractivity contribution in [1.82, 2.24) is 15.0 Å². The lowest BCUT2D eigenvalue weighted by atomic mass is 10.2. The molecular weight excluding hydrogens is 266 g/mol. The molecule has 0 atom stereocenters. The van der Waals surface area contributed by atoms with Gasteiger partial charge in [-0.2, -0.15) is 0 Å². The van der Waals surface area contributed by atoms with Gasteiger partial charge in [0.25, 0.3) is 0 Å². The zero-order chi connectivity index (χ0) is 14.5. The van der Waals surface area contributed by atoms with Crippen LogP contribution in [0.4, 0.5) is 0 Å². The third kappa shape index (κ3) is 3.09. The molecule has 0 aliphatic heterocycles. The lowest BCUT2D eigenvalue weighted by Crippen LogP contribution is -2.02. The first kappa shape index (κ1) is 13.3. The van der Waals surface area contributed by atoms with E-state index in [4.69, 9.17) is 4.74 Å². The summed E-state index contributed by atoms with van der Waals surface area (Å²) in [4.78, 5) is 0. The van der Waals surface area contributed by atoms with Gasteiger partial charge in [0, 0.05) is 0 Å². The number of aliphatic hydroxyl groups is 1. The lowest BCUT2D eigenvalue weighted by molar-refractivity contribution is 0.273. The first-order valence-electron chi connectivity index (χ1n) is 6.64. The van der Waals surface area contributed by atoms with Crippen LogP contribution in [-0.2, 0) is 13.2 Å². The van der Waals surface area contributed by atoms with E-state index >= 15 is 0 Å². The standard InChI is InChI=1S/C16H15N3O2/c20-11-15-10-17-18-19(15)14-6-8-16(9-7-14)21-12-13-4-2-1-3-5-13/h1-10,20H,11-12H2. The van der Waals surface area contributed by atoms with Crippen LogP contribution in [0.25, 0.3) is 5.69 Å². The van der Waals surface area contributed by atoms with Crippen molar-refractivity contribution in [2.75, 3.05) is 0 Å². The summed E-state index contributed by atoms with van der Waals surface area (Å²) in [5.41, 5.74) is 2.61. The van der Waals surface area contributed by atoms with Gasteiger partial charge >= 0.3 is 0 Å². The van der Waals surface area contributed by atoms with Gasteiger partial charge < -0.3 is 9.84 Å². The van der Waals surface area contributed by atoms with Gasteiger partial charge in [0.2, 0.25) is 0 Å². The predicted octanol–water partition coefficient (Wildman–Crippen LogP) is 2.34. The van der Waals surface area contributed by atoms with Crippen LogP contribution in [0, 0.1) is 0 Å². The van der Waals surface area contributed by atoms with Gasteiger partial charge in [0.05, 0.1) is 24.2 Å². The molecule has 0 saturated heterocycles. The highest BCUT2D eigenvalue weighted by Crippen LogP contribution is 2.17. The molecule has 5 nitrogen and oxygen atoms in total. The van der Waals surface area contributed by atoms with Crippen LogP contribution in [0.1, 0.15) is 11.3 Å². The second-order valence-electron chi connectivity index (χ2n) is 4.56. The quantitative estimate of drug-likeness (QED) is 0.779. The summed E-state index contributed by atoms with van der Waals surface area (Å²) in [6.45, 7) is 0.435. The molecule has 1 aromatic heterocycles. The van der Waals surface area contributed by atoms with Gasteiger partial charge in [-0.3, -0.25) is 0 Å².